The number of hydrogen-bond acceptors (Lipinski definition) is 8. The molecule has 0 aliphatic carbocycles. The van der Waals surface area contributed by atoms with Crippen LogP contribution in [0, 0.1) is 0 Å². The summed E-state index contributed by atoms with van der Waals surface area (Å²) in [7, 11) is 1.64. The number of methoxy groups -OCH3 is 1. The first-order chi connectivity index (χ1) is 18.7. The van der Waals surface area contributed by atoms with Gasteiger partial charge < -0.3 is 14.4 Å². The molecule has 8 heterocycles. The lowest BCUT2D eigenvalue weighted by molar-refractivity contribution is -0.00876. The molecule has 2 bridgehead atoms. The van der Waals surface area contributed by atoms with Crippen molar-refractivity contribution in [2.75, 3.05) is 37.6 Å². The summed E-state index contributed by atoms with van der Waals surface area (Å²) in [6.45, 7) is 3.28. The second kappa shape index (κ2) is 9.45. The Morgan fingerprint density at radius 2 is 1.97 bits per heavy atom. The molecule has 3 saturated heterocycles. The zero-order chi connectivity index (χ0) is 25.6. The van der Waals surface area contributed by atoms with E-state index in [-0.39, 0.29) is 0 Å². The van der Waals surface area contributed by atoms with Crippen LogP contribution in [-0.4, -0.2) is 79.4 Å². The lowest BCUT2D eigenvalue weighted by Crippen LogP contribution is -2.68. The van der Waals surface area contributed by atoms with E-state index in [1.54, 1.807) is 13.3 Å². The molecule has 194 valence electrons. The van der Waals surface area contributed by atoms with Crippen LogP contribution in [0.2, 0.25) is 0 Å². The Balaban J connectivity index is 1.11. The molecule has 1 N–H and O–H groups in total. The number of halogens is 1. The number of nitrogens with zero attached hydrogens (tertiary/aromatic N) is 7. The maximum atomic E-state index is 5.85. The monoisotopic (exact) mass is 530 g/mol. The Labute approximate surface area is 224 Å². The minimum absolute atomic E-state index is 0.416. The molecule has 10 nitrogen and oxygen atoms in total. The van der Waals surface area contributed by atoms with Gasteiger partial charge >= 0.3 is 0 Å². The van der Waals surface area contributed by atoms with Gasteiger partial charge in [0, 0.05) is 61.3 Å². The summed E-state index contributed by atoms with van der Waals surface area (Å²) in [5, 5.41) is 12.7. The lowest BCUT2D eigenvalue weighted by atomic mass is 9.87. The number of ether oxygens (including phenoxy) is 2. The fourth-order valence-corrected chi connectivity index (χ4v) is 5.77. The highest BCUT2D eigenvalue weighted by Crippen LogP contribution is 2.37. The van der Waals surface area contributed by atoms with E-state index in [0.717, 1.165) is 53.1 Å². The van der Waals surface area contributed by atoms with E-state index < -0.39 is 0 Å². The van der Waals surface area contributed by atoms with Gasteiger partial charge in [0.25, 0.3) is 0 Å². The number of nitrogens with one attached hydrogen (secondary N) is 1. The predicted molar refractivity (Wildman–Crippen MR) is 145 cm³/mol. The van der Waals surface area contributed by atoms with Crippen molar-refractivity contribution < 1.29 is 9.47 Å². The molecule has 8 rings (SSSR count). The summed E-state index contributed by atoms with van der Waals surface area (Å²) < 4.78 is 12.9. The molecule has 0 saturated carbocycles. The number of alkyl halides is 1. The van der Waals surface area contributed by atoms with Crippen LogP contribution in [0.1, 0.15) is 12.0 Å². The number of hydrogen-bond donors (Lipinski definition) is 1. The first-order valence-corrected chi connectivity index (χ1v) is 13.2. The van der Waals surface area contributed by atoms with Gasteiger partial charge in [0.2, 0.25) is 5.88 Å². The van der Waals surface area contributed by atoms with Gasteiger partial charge in [-0.2, -0.15) is 5.10 Å². The number of anilines is 1. The molecule has 0 spiro atoms. The minimum Gasteiger partial charge on any atom is -0.491 e. The highest BCUT2D eigenvalue weighted by Gasteiger charge is 2.44. The number of piperidine rings is 1. The largest absolute Gasteiger partial charge is 0.491 e. The fraction of sp³-hybridized carbons (Fsp3) is 0.333. The molecule has 0 amide bonds. The van der Waals surface area contributed by atoms with Crippen molar-refractivity contribution in [1.29, 1.82) is 0 Å². The van der Waals surface area contributed by atoms with Crippen molar-refractivity contribution in [3.8, 4) is 22.8 Å². The average Bonchev–Trinajstić information content (AvgIpc) is 3.56. The molecule has 0 aromatic carbocycles. The highest BCUT2D eigenvalue weighted by atomic mass is 35.5. The van der Waals surface area contributed by atoms with Crippen LogP contribution in [0.4, 0.5) is 5.82 Å². The van der Waals surface area contributed by atoms with Crippen molar-refractivity contribution in [3.05, 3.63) is 60.7 Å². The maximum absolute atomic E-state index is 5.85. The van der Waals surface area contributed by atoms with Crippen molar-refractivity contribution >= 4 is 34.0 Å². The van der Waals surface area contributed by atoms with Gasteiger partial charge in [-0.1, -0.05) is 6.07 Å². The van der Waals surface area contributed by atoms with Crippen molar-refractivity contribution in [3.63, 3.8) is 0 Å². The number of rotatable bonds is 8. The van der Waals surface area contributed by atoms with E-state index in [1.807, 2.05) is 35.2 Å². The van der Waals surface area contributed by atoms with Gasteiger partial charge in [0.05, 0.1) is 36.3 Å². The first-order valence-electron chi connectivity index (χ1n) is 12.7. The molecular weight excluding hydrogens is 504 g/mol. The second-order valence-electron chi connectivity index (χ2n) is 9.79. The third-order valence-electron chi connectivity index (χ3n) is 7.55. The van der Waals surface area contributed by atoms with Gasteiger partial charge in [-0.25, -0.2) is 14.5 Å². The highest BCUT2D eigenvalue weighted by molar-refractivity contribution is 6.18. The van der Waals surface area contributed by atoms with Crippen molar-refractivity contribution in [2.24, 2.45) is 0 Å². The number of fused-ring (bicyclic) bond motifs is 5. The zero-order valence-electron chi connectivity index (χ0n) is 20.9. The molecule has 0 radical (unpaired) electrons. The van der Waals surface area contributed by atoms with Crippen LogP contribution < -0.4 is 14.4 Å². The number of pyridine rings is 3. The van der Waals surface area contributed by atoms with Crippen LogP contribution >= 0.6 is 11.6 Å². The topological polar surface area (TPSA) is 96.7 Å². The molecule has 5 aromatic heterocycles. The standard InChI is InChI=1S/C27H27ClN8O2/c1-37-25-5-2-17(10-30-25)13-35-19-8-20(35)15-34(14-19)24-4-3-18(11-29-24)22-9-21(38-7-6-28)16-36-26(22)23-12-31-32-27(23)33-36/h2-5,9-12,16,19-20H,6-8,13-15H2,1H3,(H,32,33). The molecule has 3 aliphatic rings. The summed E-state index contributed by atoms with van der Waals surface area (Å²) in [5.41, 5.74) is 4.89. The molecule has 38 heavy (non-hydrogen) atoms. The van der Waals surface area contributed by atoms with Crippen LogP contribution in [0.25, 0.3) is 27.7 Å². The Hall–Kier alpha value is -3.89. The summed E-state index contributed by atoms with van der Waals surface area (Å²) in [4.78, 5) is 14.2. The molecule has 2 unspecified atom stereocenters. The van der Waals surface area contributed by atoms with E-state index in [4.69, 9.17) is 26.1 Å². The normalized spacial score (nSPS) is 19.2. The summed E-state index contributed by atoms with van der Waals surface area (Å²) >= 11 is 5.85. The first kappa shape index (κ1) is 23.2. The smallest absolute Gasteiger partial charge is 0.212 e. The van der Waals surface area contributed by atoms with Crippen LogP contribution in [0.5, 0.6) is 11.6 Å². The lowest BCUT2D eigenvalue weighted by Gasteiger charge is -2.56. The van der Waals surface area contributed by atoms with Crippen molar-refractivity contribution in [2.45, 2.75) is 25.0 Å². The minimum atomic E-state index is 0.416. The molecule has 2 atom stereocenters. The number of piperazine rings is 1. The quantitative estimate of drug-likeness (QED) is 0.303. The predicted octanol–water partition coefficient (Wildman–Crippen LogP) is 3.76. The molecule has 3 aliphatic heterocycles. The van der Waals surface area contributed by atoms with Gasteiger partial charge in [0.1, 0.15) is 18.2 Å². The van der Waals surface area contributed by atoms with E-state index in [9.17, 15) is 0 Å². The van der Waals surface area contributed by atoms with E-state index in [0.29, 0.717) is 36.2 Å². The summed E-state index contributed by atoms with van der Waals surface area (Å²) in [5.74, 6) is 2.77. The molecular formula is C27H27ClN8O2. The summed E-state index contributed by atoms with van der Waals surface area (Å²) in [6.07, 6.45) is 8.75. The van der Waals surface area contributed by atoms with E-state index in [2.05, 4.69) is 48.3 Å². The van der Waals surface area contributed by atoms with Gasteiger partial charge in [0.15, 0.2) is 5.65 Å². The molecule has 5 aromatic rings. The van der Waals surface area contributed by atoms with Gasteiger partial charge in [-0.05, 0) is 30.2 Å². The SMILES string of the molecule is COc1ccc(CN2C3CC2CN(c2ccc(-c4cc(OCCCl)cn5nc6[nH]ncc6c45)cn2)C3)cn1. The number of aromatic amines is 1. The van der Waals surface area contributed by atoms with Crippen LogP contribution in [0.15, 0.2) is 55.1 Å². The van der Waals surface area contributed by atoms with Gasteiger partial charge in [-0.15, -0.1) is 16.7 Å². The second-order valence-corrected chi connectivity index (χ2v) is 10.2. The fourth-order valence-electron chi connectivity index (χ4n) is 5.70. The Morgan fingerprint density at radius 1 is 1.08 bits per heavy atom. The number of H-pyrrole nitrogens is 1. The van der Waals surface area contributed by atoms with E-state index in [1.165, 1.54) is 12.0 Å². The maximum Gasteiger partial charge on any atom is 0.212 e. The zero-order valence-corrected chi connectivity index (χ0v) is 21.7. The molecule has 3 fully saturated rings. The number of aromatic nitrogens is 6. The Morgan fingerprint density at radius 3 is 2.71 bits per heavy atom. The average molecular weight is 531 g/mol. The Bertz CT molecular complexity index is 1570. The molecule has 11 heteroatoms. The van der Waals surface area contributed by atoms with Gasteiger partial charge in [-0.3, -0.25) is 10.00 Å². The Kier molecular flexibility index (Phi) is 5.78. The van der Waals surface area contributed by atoms with Crippen LogP contribution in [0.3, 0.4) is 0 Å². The third-order valence-corrected chi connectivity index (χ3v) is 7.70. The third kappa shape index (κ3) is 4.00. The van der Waals surface area contributed by atoms with E-state index >= 15 is 0 Å². The van der Waals surface area contributed by atoms with Crippen LogP contribution in [-0.2, 0) is 6.54 Å². The summed E-state index contributed by atoms with van der Waals surface area (Å²) in [6, 6.07) is 11.3. The van der Waals surface area contributed by atoms with Crippen molar-refractivity contribution in [1.82, 2.24) is 34.7 Å².